The second-order valence-corrected chi connectivity index (χ2v) is 5.51. The molecule has 0 aliphatic rings. The molecule has 2 aromatic heterocycles. The molecule has 2 heterocycles. The number of Topliss-reactive ketones (excluding diaryl/α,β-unsaturated/α-hetero) is 1. The maximum absolute atomic E-state index is 11.8. The average Bonchev–Trinajstić information content (AvgIpc) is 3.14. The standard InChI is InChI=1S/C15H14N4OS/c1-10(20)14-13(18-15(16-2)21-14)11-8-17-19(9-11)12-6-4-3-5-7-12/h3-9H,1-2H3,(H,16,18). The summed E-state index contributed by atoms with van der Waals surface area (Å²) in [5.41, 5.74) is 2.48. The third-order valence-corrected chi connectivity index (χ3v) is 4.21. The van der Waals surface area contributed by atoms with Gasteiger partial charge in [-0.05, 0) is 12.1 Å². The Morgan fingerprint density at radius 1 is 1.29 bits per heavy atom. The van der Waals surface area contributed by atoms with E-state index in [0.29, 0.717) is 10.6 Å². The van der Waals surface area contributed by atoms with Crippen molar-refractivity contribution >= 4 is 22.3 Å². The molecule has 0 atom stereocenters. The highest BCUT2D eigenvalue weighted by molar-refractivity contribution is 7.18. The highest BCUT2D eigenvalue weighted by Crippen LogP contribution is 2.31. The van der Waals surface area contributed by atoms with Crippen LogP contribution in [0.15, 0.2) is 42.7 Å². The summed E-state index contributed by atoms with van der Waals surface area (Å²) >= 11 is 1.36. The van der Waals surface area contributed by atoms with Gasteiger partial charge in [0.25, 0.3) is 0 Å². The first-order chi connectivity index (χ1) is 10.2. The third-order valence-electron chi connectivity index (χ3n) is 3.04. The van der Waals surface area contributed by atoms with Crippen LogP contribution in [-0.2, 0) is 0 Å². The Labute approximate surface area is 126 Å². The van der Waals surface area contributed by atoms with Gasteiger partial charge >= 0.3 is 0 Å². The Hall–Kier alpha value is -2.47. The first-order valence-corrected chi connectivity index (χ1v) is 7.30. The average molecular weight is 298 g/mol. The van der Waals surface area contributed by atoms with E-state index in [9.17, 15) is 4.79 Å². The van der Waals surface area contributed by atoms with Crippen molar-refractivity contribution in [3.05, 3.63) is 47.6 Å². The maximum Gasteiger partial charge on any atom is 0.183 e. The van der Waals surface area contributed by atoms with Crippen molar-refractivity contribution in [1.29, 1.82) is 0 Å². The molecule has 1 N–H and O–H groups in total. The smallest absolute Gasteiger partial charge is 0.183 e. The SMILES string of the molecule is CNc1nc(-c2cnn(-c3ccccc3)c2)c(C(C)=O)s1. The van der Waals surface area contributed by atoms with E-state index < -0.39 is 0 Å². The van der Waals surface area contributed by atoms with Crippen LogP contribution < -0.4 is 5.32 Å². The number of ketones is 1. The predicted molar refractivity (Wildman–Crippen MR) is 84.2 cm³/mol. The summed E-state index contributed by atoms with van der Waals surface area (Å²) in [6.45, 7) is 1.55. The second-order valence-electron chi connectivity index (χ2n) is 4.51. The lowest BCUT2D eigenvalue weighted by atomic mass is 10.2. The van der Waals surface area contributed by atoms with E-state index in [1.54, 1.807) is 24.9 Å². The number of carbonyl (C=O) groups excluding carboxylic acids is 1. The number of anilines is 1. The van der Waals surface area contributed by atoms with E-state index in [2.05, 4.69) is 15.4 Å². The molecule has 0 saturated heterocycles. The lowest BCUT2D eigenvalue weighted by Gasteiger charge is -1.99. The van der Waals surface area contributed by atoms with Gasteiger partial charge in [-0.15, -0.1) is 0 Å². The molecule has 0 aliphatic carbocycles. The number of nitrogens with zero attached hydrogens (tertiary/aromatic N) is 3. The summed E-state index contributed by atoms with van der Waals surface area (Å²) in [7, 11) is 1.79. The number of hydrogen-bond acceptors (Lipinski definition) is 5. The predicted octanol–water partition coefficient (Wildman–Crippen LogP) is 3.24. The summed E-state index contributed by atoms with van der Waals surface area (Å²) in [5, 5.41) is 8.05. The van der Waals surface area contributed by atoms with Gasteiger partial charge in [-0.2, -0.15) is 5.10 Å². The Balaban J connectivity index is 2.04. The van der Waals surface area contributed by atoms with Crippen LogP contribution in [0.25, 0.3) is 16.9 Å². The van der Waals surface area contributed by atoms with Crippen molar-refractivity contribution in [1.82, 2.24) is 14.8 Å². The molecule has 5 nitrogen and oxygen atoms in total. The van der Waals surface area contributed by atoms with Crippen LogP contribution in [0, 0.1) is 0 Å². The van der Waals surface area contributed by atoms with Crippen LogP contribution in [0.4, 0.5) is 5.13 Å². The summed E-state index contributed by atoms with van der Waals surface area (Å²) in [6, 6.07) is 9.83. The molecule has 1 aromatic carbocycles. The highest BCUT2D eigenvalue weighted by atomic mass is 32.1. The minimum absolute atomic E-state index is 0.0106. The van der Waals surface area contributed by atoms with Gasteiger partial charge in [0.1, 0.15) is 0 Å². The van der Waals surface area contributed by atoms with Crippen LogP contribution in [0.3, 0.4) is 0 Å². The monoisotopic (exact) mass is 298 g/mol. The van der Waals surface area contributed by atoms with Crippen molar-refractivity contribution in [3.63, 3.8) is 0 Å². The number of para-hydroxylation sites is 1. The zero-order chi connectivity index (χ0) is 14.8. The van der Waals surface area contributed by atoms with E-state index in [1.807, 2.05) is 36.5 Å². The summed E-state index contributed by atoms with van der Waals surface area (Å²) < 4.78 is 1.78. The number of carbonyl (C=O) groups is 1. The molecule has 106 valence electrons. The first kappa shape index (κ1) is 13.5. The molecule has 0 bridgehead atoms. The van der Waals surface area contributed by atoms with Crippen LogP contribution in [0.5, 0.6) is 0 Å². The topological polar surface area (TPSA) is 59.8 Å². The molecular weight excluding hydrogens is 284 g/mol. The van der Waals surface area contributed by atoms with E-state index in [4.69, 9.17) is 0 Å². The number of aromatic nitrogens is 3. The molecule has 0 amide bonds. The van der Waals surface area contributed by atoms with E-state index in [0.717, 1.165) is 16.4 Å². The molecule has 0 spiro atoms. The van der Waals surface area contributed by atoms with Crippen molar-refractivity contribution in [2.75, 3.05) is 12.4 Å². The molecule has 21 heavy (non-hydrogen) atoms. The second kappa shape index (κ2) is 5.49. The molecule has 0 saturated carbocycles. The molecular formula is C15H14N4OS. The van der Waals surface area contributed by atoms with Crippen LogP contribution in [0.2, 0.25) is 0 Å². The summed E-state index contributed by atoms with van der Waals surface area (Å²) in [4.78, 5) is 16.9. The van der Waals surface area contributed by atoms with E-state index in [1.165, 1.54) is 11.3 Å². The minimum Gasteiger partial charge on any atom is -0.365 e. The third kappa shape index (κ3) is 2.57. The summed E-state index contributed by atoms with van der Waals surface area (Å²) in [6.07, 6.45) is 3.62. The Morgan fingerprint density at radius 2 is 2.05 bits per heavy atom. The number of hydrogen-bond donors (Lipinski definition) is 1. The number of nitrogens with one attached hydrogen (secondary N) is 1. The fourth-order valence-electron chi connectivity index (χ4n) is 2.03. The Kier molecular flexibility index (Phi) is 3.53. The fourth-order valence-corrected chi connectivity index (χ4v) is 2.86. The fraction of sp³-hybridized carbons (Fsp3) is 0.133. The number of rotatable bonds is 4. The lowest BCUT2D eigenvalue weighted by molar-refractivity contribution is 0.102. The lowest BCUT2D eigenvalue weighted by Crippen LogP contribution is -1.93. The van der Waals surface area contributed by atoms with Crippen LogP contribution >= 0.6 is 11.3 Å². The van der Waals surface area contributed by atoms with Crippen LogP contribution in [-0.4, -0.2) is 27.6 Å². The molecule has 6 heteroatoms. The molecule has 0 radical (unpaired) electrons. The highest BCUT2D eigenvalue weighted by Gasteiger charge is 2.17. The maximum atomic E-state index is 11.8. The minimum atomic E-state index is 0.0106. The molecule has 0 unspecified atom stereocenters. The number of thiazole rings is 1. The zero-order valence-electron chi connectivity index (χ0n) is 11.7. The van der Waals surface area contributed by atoms with Crippen LogP contribution in [0.1, 0.15) is 16.6 Å². The number of benzene rings is 1. The zero-order valence-corrected chi connectivity index (χ0v) is 12.5. The van der Waals surface area contributed by atoms with Gasteiger partial charge in [-0.3, -0.25) is 4.79 Å². The van der Waals surface area contributed by atoms with Crippen molar-refractivity contribution in [2.24, 2.45) is 0 Å². The Bertz CT molecular complexity index is 776. The van der Waals surface area contributed by atoms with Gasteiger partial charge in [-0.25, -0.2) is 9.67 Å². The van der Waals surface area contributed by atoms with Gasteiger partial charge in [0.2, 0.25) is 0 Å². The van der Waals surface area contributed by atoms with Gasteiger partial charge in [0, 0.05) is 25.7 Å². The molecule has 0 aliphatic heterocycles. The van der Waals surface area contributed by atoms with E-state index >= 15 is 0 Å². The molecule has 3 aromatic rings. The first-order valence-electron chi connectivity index (χ1n) is 6.49. The summed E-state index contributed by atoms with van der Waals surface area (Å²) in [5.74, 6) is 0.0106. The van der Waals surface area contributed by atoms with Gasteiger partial charge < -0.3 is 5.32 Å². The normalized spacial score (nSPS) is 10.6. The molecule has 0 fully saturated rings. The van der Waals surface area contributed by atoms with E-state index in [-0.39, 0.29) is 5.78 Å². The molecule has 3 rings (SSSR count). The van der Waals surface area contributed by atoms with Gasteiger partial charge in [0.05, 0.1) is 22.5 Å². The van der Waals surface area contributed by atoms with Crippen molar-refractivity contribution in [2.45, 2.75) is 6.92 Å². The quantitative estimate of drug-likeness (QED) is 0.751. The van der Waals surface area contributed by atoms with Gasteiger partial charge in [-0.1, -0.05) is 29.5 Å². The van der Waals surface area contributed by atoms with Crippen molar-refractivity contribution in [3.8, 4) is 16.9 Å². The van der Waals surface area contributed by atoms with Gasteiger partial charge in [0.15, 0.2) is 10.9 Å². The Morgan fingerprint density at radius 3 is 2.71 bits per heavy atom. The van der Waals surface area contributed by atoms with Crippen molar-refractivity contribution < 1.29 is 4.79 Å². The largest absolute Gasteiger partial charge is 0.365 e.